The van der Waals surface area contributed by atoms with E-state index < -0.39 is 30.4 Å². The van der Waals surface area contributed by atoms with E-state index in [-0.39, 0.29) is 12.5 Å². The molecule has 0 aromatic heterocycles. The van der Waals surface area contributed by atoms with Gasteiger partial charge in [-0.15, -0.1) is 0 Å². The number of carbonyl (C=O) groups excluding carboxylic acids is 2. The Hall–Kier alpha value is -3.35. The lowest BCUT2D eigenvalue weighted by molar-refractivity contribution is -0.139. The Labute approximate surface area is 199 Å². The third-order valence-corrected chi connectivity index (χ3v) is 6.91. The highest BCUT2D eigenvalue weighted by molar-refractivity contribution is 5.89. The maximum Gasteiger partial charge on any atom is 0.407 e. The molecule has 0 heterocycles. The highest BCUT2D eigenvalue weighted by atomic mass is 16.5. The molecular formula is C27H32N2O5. The third kappa shape index (κ3) is 5.76. The van der Waals surface area contributed by atoms with Gasteiger partial charge in [0.2, 0.25) is 5.91 Å². The first-order valence-electron chi connectivity index (χ1n) is 12.1. The molecule has 1 unspecified atom stereocenters. The van der Waals surface area contributed by atoms with Crippen molar-refractivity contribution in [3.63, 3.8) is 0 Å². The van der Waals surface area contributed by atoms with Crippen molar-refractivity contribution in [3.05, 3.63) is 59.7 Å². The summed E-state index contributed by atoms with van der Waals surface area (Å²) < 4.78 is 5.48. The van der Waals surface area contributed by atoms with E-state index >= 15 is 0 Å². The molecule has 1 fully saturated rings. The normalized spacial score (nSPS) is 16.2. The minimum atomic E-state index is -1.18. The average molecular weight is 465 g/mol. The summed E-state index contributed by atoms with van der Waals surface area (Å²) in [6, 6.07) is 14.8. The predicted octanol–water partition coefficient (Wildman–Crippen LogP) is 4.46. The van der Waals surface area contributed by atoms with Crippen molar-refractivity contribution in [2.24, 2.45) is 5.92 Å². The van der Waals surface area contributed by atoms with E-state index in [1.807, 2.05) is 36.4 Å². The number of ether oxygens (including phenoxy) is 1. The fourth-order valence-corrected chi connectivity index (χ4v) is 5.16. The first kappa shape index (κ1) is 23.8. The van der Waals surface area contributed by atoms with Gasteiger partial charge >= 0.3 is 12.1 Å². The van der Waals surface area contributed by atoms with Gasteiger partial charge in [0.15, 0.2) is 0 Å². The van der Waals surface area contributed by atoms with Gasteiger partial charge in [0.05, 0.1) is 6.42 Å². The molecule has 3 N–H and O–H groups in total. The van der Waals surface area contributed by atoms with E-state index in [2.05, 4.69) is 22.8 Å². The molecule has 0 radical (unpaired) electrons. The Morgan fingerprint density at radius 2 is 1.56 bits per heavy atom. The van der Waals surface area contributed by atoms with Crippen LogP contribution >= 0.6 is 0 Å². The van der Waals surface area contributed by atoms with Crippen molar-refractivity contribution >= 4 is 18.0 Å². The van der Waals surface area contributed by atoms with Crippen LogP contribution in [0, 0.1) is 5.92 Å². The highest BCUT2D eigenvalue weighted by Gasteiger charge is 2.30. The van der Waals surface area contributed by atoms with Gasteiger partial charge in [0, 0.05) is 12.5 Å². The van der Waals surface area contributed by atoms with Crippen molar-refractivity contribution in [2.75, 3.05) is 13.2 Å². The van der Waals surface area contributed by atoms with E-state index in [0.717, 1.165) is 28.7 Å². The number of fused-ring (bicyclic) bond motifs is 3. The number of hydrogen-bond acceptors (Lipinski definition) is 4. The molecule has 2 aromatic rings. The summed E-state index contributed by atoms with van der Waals surface area (Å²) in [5, 5.41) is 14.5. The van der Waals surface area contributed by atoms with E-state index in [4.69, 9.17) is 4.74 Å². The molecule has 2 aliphatic rings. The van der Waals surface area contributed by atoms with Crippen molar-refractivity contribution in [2.45, 2.75) is 56.9 Å². The van der Waals surface area contributed by atoms with Crippen molar-refractivity contribution in [1.29, 1.82) is 0 Å². The number of alkyl carbamates (subject to hydrolysis) is 1. The number of nitrogens with one attached hydrogen (secondary N) is 2. The maximum absolute atomic E-state index is 12.6. The first-order valence-corrected chi connectivity index (χ1v) is 12.1. The summed E-state index contributed by atoms with van der Waals surface area (Å²) in [4.78, 5) is 36.4. The molecule has 0 aliphatic heterocycles. The summed E-state index contributed by atoms with van der Waals surface area (Å²) in [6.45, 7) is 0.578. The molecule has 0 bridgehead atoms. The van der Waals surface area contributed by atoms with Crippen LogP contribution in [0.15, 0.2) is 48.5 Å². The van der Waals surface area contributed by atoms with Gasteiger partial charge in [0.1, 0.15) is 12.6 Å². The summed E-state index contributed by atoms with van der Waals surface area (Å²) in [5.74, 6) is -1.17. The van der Waals surface area contributed by atoms with Crippen LogP contribution in [0.1, 0.15) is 62.0 Å². The second-order valence-electron chi connectivity index (χ2n) is 9.20. The van der Waals surface area contributed by atoms with Gasteiger partial charge in [0.25, 0.3) is 0 Å². The van der Waals surface area contributed by atoms with E-state index in [1.165, 1.54) is 32.1 Å². The molecule has 1 atom stereocenters. The molecule has 0 spiro atoms. The van der Waals surface area contributed by atoms with Gasteiger partial charge in [-0.05, 0) is 34.6 Å². The fourth-order valence-electron chi connectivity index (χ4n) is 5.16. The monoisotopic (exact) mass is 464 g/mol. The van der Waals surface area contributed by atoms with Gasteiger partial charge < -0.3 is 20.5 Å². The molecule has 4 rings (SSSR count). The zero-order valence-corrected chi connectivity index (χ0v) is 19.3. The zero-order valence-electron chi connectivity index (χ0n) is 19.3. The summed E-state index contributed by atoms with van der Waals surface area (Å²) in [6.07, 6.45) is 5.64. The average Bonchev–Trinajstić information content (AvgIpc) is 3.16. The summed E-state index contributed by atoms with van der Waals surface area (Å²) in [5.41, 5.74) is 4.40. The van der Waals surface area contributed by atoms with Crippen molar-refractivity contribution in [1.82, 2.24) is 10.6 Å². The Morgan fingerprint density at radius 3 is 2.18 bits per heavy atom. The third-order valence-electron chi connectivity index (χ3n) is 6.91. The van der Waals surface area contributed by atoms with Crippen LogP contribution < -0.4 is 10.6 Å². The lowest BCUT2D eigenvalue weighted by atomic mass is 9.87. The first-order chi connectivity index (χ1) is 16.5. The largest absolute Gasteiger partial charge is 0.481 e. The Balaban J connectivity index is 1.32. The Bertz CT molecular complexity index is 986. The zero-order chi connectivity index (χ0) is 23.9. The standard InChI is InChI=1S/C27H32N2O5/c30-25(31)16-24(26(32)28-15-14-18-8-2-1-3-9-18)29-27(33)34-17-23-21-12-6-4-10-19(21)20-11-5-7-13-22(20)23/h4-7,10-13,18,23-24H,1-3,8-9,14-17H2,(H,28,32)(H,29,33)(H,30,31). The minimum Gasteiger partial charge on any atom is -0.481 e. The number of carbonyl (C=O) groups is 3. The van der Waals surface area contributed by atoms with Gasteiger partial charge in [-0.3, -0.25) is 9.59 Å². The van der Waals surface area contributed by atoms with Crippen LogP contribution in [-0.4, -0.2) is 42.3 Å². The molecule has 34 heavy (non-hydrogen) atoms. The van der Waals surface area contributed by atoms with Crippen LogP contribution in [0.4, 0.5) is 4.79 Å². The lowest BCUT2D eigenvalue weighted by Crippen LogP contribution is -2.48. The molecule has 2 aromatic carbocycles. The summed E-state index contributed by atoms with van der Waals surface area (Å²) >= 11 is 0. The molecule has 7 nitrogen and oxygen atoms in total. The molecule has 2 amide bonds. The summed E-state index contributed by atoms with van der Waals surface area (Å²) in [7, 11) is 0. The lowest BCUT2D eigenvalue weighted by Gasteiger charge is -2.22. The number of benzene rings is 2. The second kappa shape index (κ2) is 11.2. The van der Waals surface area contributed by atoms with E-state index in [9.17, 15) is 19.5 Å². The molecular weight excluding hydrogens is 432 g/mol. The number of carboxylic acids is 1. The van der Waals surface area contributed by atoms with Crippen LogP contribution in [0.3, 0.4) is 0 Å². The van der Waals surface area contributed by atoms with E-state index in [1.54, 1.807) is 0 Å². The topological polar surface area (TPSA) is 105 Å². The Kier molecular flexibility index (Phi) is 7.83. The highest BCUT2D eigenvalue weighted by Crippen LogP contribution is 2.44. The smallest absolute Gasteiger partial charge is 0.407 e. The van der Waals surface area contributed by atoms with Gasteiger partial charge in [-0.2, -0.15) is 0 Å². The predicted molar refractivity (Wildman–Crippen MR) is 128 cm³/mol. The number of hydrogen-bond donors (Lipinski definition) is 3. The fraction of sp³-hybridized carbons (Fsp3) is 0.444. The molecule has 0 saturated heterocycles. The van der Waals surface area contributed by atoms with Gasteiger partial charge in [-0.1, -0.05) is 80.6 Å². The maximum atomic E-state index is 12.6. The van der Waals surface area contributed by atoms with Crippen molar-refractivity contribution < 1.29 is 24.2 Å². The Morgan fingerprint density at radius 1 is 0.941 bits per heavy atom. The molecule has 1 saturated carbocycles. The molecule has 180 valence electrons. The molecule has 7 heteroatoms. The second-order valence-corrected chi connectivity index (χ2v) is 9.20. The number of amides is 2. The van der Waals surface area contributed by atoms with Crippen LogP contribution in [0.5, 0.6) is 0 Å². The van der Waals surface area contributed by atoms with Crippen LogP contribution in [0.2, 0.25) is 0 Å². The van der Waals surface area contributed by atoms with Gasteiger partial charge in [-0.25, -0.2) is 4.79 Å². The number of aliphatic carboxylic acids is 1. The quantitative estimate of drug-likeness (QED) is 0.508. The minimum absolute atomic E-state index is 0.100. The van der Waals surface area contributed by atoms with E-state index in [0.29, 0.717) is 12.5 Å². The van der Waals surface area contributed by atoms with Crippen molar-refractivity contribution in [3.8, 4) is 11.1 Å². The SMILES string of the molecule is O=C(O)CC(NC(=O)OCC1c2ccccc2-c2ccccc21)C(=O)NCCC1CCCCC1. The number of carboxylic acid groups (broad SMARTS) is 1. The molecule has 2 aliphatic carbocycles. The number of rotatable bonds is 9. The van der Waals surface area contributed by atoms with Crippen LogP contribution in [-0.2, 0) is 14.3 Å². The van der Waals surface area contributed by atoms with Crippen LogP contribution in [0.25, 0.3) is 11.1 Å².